The van der Waals surface area contributed by atoms with Gasteiger partial charge in [0.25, 0.3) is 0 Å². The van der Waals surface area contributed by atoms with E-state index < -0.39 is 11.6 Å². The van der Waals surface area contributed by atoms with E-state index in [4.69, 9.17) is 5.73 Å². The molecule has 0 aliphatic carbocycles. The molecular weight excluding hydrogens is 270 g/mol. The summed E-state index contributed by atoms with van der Waals surface area (Å²) in [4.78, 5) is 2.13. The zero-order valence-electron chi connectivity index (χ0n) is 12.3. The van der Waals surface area contributed by atoms with E-state index in [1.807, 2.05) is 24.3 Å². The highest BCUT2D eigenvalue weighted by Gasteiger charge is 2.14. The molecule has 2 rings (SSSR count). The van der Waals surface area contributed by atoms with Crippen LogP contribution in [0.3, 0.4) is 0 Å². The Morgan fingerprint density at radius 3 is 2.24 bits per heavy atom. The summed E-state index contributed by atoms with van der Waals surface area (Å²) in [5.74, 6) is -1.05. The summed E-state index contributed by atoms with van der Waals surface area (Å²) < 4.78 is 26.7. The van der Waals surface area contributed by atoms with Gasteiger partial charge in [0.05, 0.1) is 0 Å². The molecule has 2 aromatic rings. The number of nitrogens with two attached hydrogens (primary N) is 1. The van der Waals surface area contributed by atoms with Crippen LogP contribution in [0, 0.1) is 11.6 Å². The lowest BCUT2D eigenvalue weighted by molar-refractivity contribution is 0.201. The van der Waals surface area contributed by atoms with Crippen molar-refractivity contribution in [3.05, 3.63) is 65.2 Å². The van der Waals surface area contributed by atoms with Crippen molar-refractivity contribution in [3.8, 4) is 0 Å². The molecule has 0 amide bonds. The van der Waals surface area contributed by atoms with Crippen molar-refractivity contribution >= 4 is 5.69 Å². The summed E-state index contributed by atoms with van der Waals surface area (Å²) in [6, 6.07) is 11.6. The molecule has 2 aromatic carbocycles. The average Bonchev–Trinajstić information content (AvgIpc) is 2.43. The predicted octanol–water partition coefficient (Wildman–Crippen LogP) is 3.96. The SMILES string of the molecule is CC(C)N(Cc1ccc(N)cc1)Cc1ccc(F)cc1F. The van der Waals surface area contributed by atoms with Crippen LogP contribution in [-0.4, -0.2) is 10.9 Å². The molecule has 0 spiro atoms. The van der Waals surface area contributed by atoms with Gasteiger partial charge in [-0.15, -0.1) is 0 Å². The first-order valence-corrected chi connectivity index (χ1v) is 6.98. The van der Waals surface area contributed by atoms with Crippen molar-refractivity contribution in [1.82, 2.24) is 4.90 Å². The lowest BCUT2D eigenvalue weighted by Gasteiger charge is -2.27. The Hall–Kier alpha value is -1.94. The second-order valence-electron chi connectivity index (χ2n) is 5.48. The lowest BCUT2D eigenvalue weighted by atomic mass is 10.1. The second kappa shape index (κ2) is 6.68. The number of benzene rings is 2. The zero-order chi connectivity index (χ0) is 15.4. The van der Waals surface area contributed by atoms with Gasteiger partial charge in [0.1, 0.15) is 11.6 Å². The standard InChI is InChI=1S/C17H20F2N2/c1-12(2)21(10-13-3-7-16(20)8-4-13)11-14-5-6-15(18)9-17(14)19/h3-9,12H,10-11,20H2,1-2H3. The normalized spacial score (nSPS) is 11.3. The van der Waals surface area contributed by atoms with Crippen molar-refractivity contribution < 1.29 is 8.78 Å². The molecule has 0 saturated heterocycles. The van der Waals surface area contributed by atoms with E-state index in [0.29, 0.717) is 18.7 Å². The molecule has 0 radical (unpaired) electrons. The fourth-order valence-electron chi connectivity index (χ4n) is 2.15. The maximum Gasteiger partial charge on any atom is 0.130 e. The van der Waals surface area contributed by atoms with Crippen molar-refractivity contribution in [1.29, 1.82) is 0 Å². The third kappa shape index (κ3) is 4.26. The highest BCUT2D eigenvalue weighted by molar-refractivity contribution is 5.39. The number of hydrogen-bond donors (Lipinski definition) is 1. The summed E-state index contributed by atoms with van der Waals surface area (Å²) in [5, 5.41) is 0. The van der Waals surface area contributed by atoms with Crippen LogP contribution in [0.5, 0.6) is 0 Å². The number of rotatable bonds is 5. The van der Waals surface area contributed by atoms with E-state index in [1.165, 1.54) is 12.1 Å². The monoisotopic (exact) mass is 290 g/mol. The summed E-state index contributed by atoms with van der Waals surface area (Å²) in [6.45, 7) is 5.24. The third-order valence-corrected chi connectivity index (χ3v) is 3.48. The van der Waals surface area contributed by atoms with E-state index in [9.17, 15) is 8.78 Å². The van der Waals surface area contributed by atoms with Crippen LogP contribution in [-0.2, 0) is 13.1 Å². The number of hydrogen-bond acceptors (Lipinski definition) is 2. The van der Waals surface area contributed by atoms with E-state index in [0.717, 1.165) is 17.3 Å². The first-order chi connectivity index (χ1) is 9.95. The van der Waals surface area contributed by atoms with Crippen LogP contribution in [0.15, 0.2) is 42.5 Å². The quantitative estimate of drug-likeness (QED) is 0.845. The molecule has 0 aliphatic heterocycles. The highest BCUT2D eigenvalue weighted by atomic mass is 19.1. The molecule has 2 N–H and O–H groups in total. The molecule has 0 bridgehead atoms. The maximum absolute atomic E-state index is 13.8. The Labute approximate surface area is 124 Å². The van der Waals surface area contributed by atoms with Gasteiger partial charge in [0, 0.05) is 36.4 Å². The second-order valence-corrected chi connectivity index (χ2v) is 5.48. The molecule has 0 saturated carbocycles. The zero-order valence-corrected chi connectivity index (χ0v) is 12.3. The molecule has 0 atom stereocenters. The molecule has 4 heteroatoms. The fourth-order valence-corrected chi connectivity index (χ4v) is 2.15. The molecule has 21 heavy (non-hydrogen) atoms. The molecule has 0 aromatic heterocycles. The first-order valence-electron chi connectivity index (χ1n) is 6.98. The lowest BCUT2D eigenvalue weighted by Crippen LogP contribution is -2.30. The summed E-state index contributed by atoms with van der Waals surface area (Å²) in [7, 11) is 0. The van der Waals surface area contributed by atoms with Crippen LogP contribution >= 0.6 is 0 Å². The third-order valence-electron chi connectivity index (χ3n) is 3.48. The topological polar surface area (TPSA) is 29.3 Å². The minimum Gasteiger partial charge on any atom is -0.399 e. The summed E-state index contributed by atoms with van der Waals surface area (Å²) >= 11 is 0. The van der Waals surface area contributed by atoms with Gasteiger partial charge in [-0.2, -0.15) is 0 Å². The van der Waals surface area contributed by atoms with Crippen molar-refractivity contribution in [2.75, 3.05) is 5.73 Å². The molecule has 112 valence electrons. The van der Waals surface area contributed by atoms with E-state index >= 15 is 0 Å². The Bertz CT molecular complexity index is 594. The number of anilines is 1. The van der Waals surface area contributed by atoms with Gasteiger partial charge >= 0.3 is 0 Å². The molecule has 2 nitrogen and oxygen atoms in total. The van der Waals surface area contributed by atoms with Gasteiger partial charge in [-0.1, -0.05) is 18.2 Å². The van der Waals surface area contributed by atoms with Gasteiger partial charge in [0.2, 0.25) is 0 Å². The van der Waals surface area contributed by atoms with Gasteiger partial charge in [-0.05, 0) is 37.6 Å². The number of nitrogen functional groups attached to an aromatic ring is 1. The van der Waals surface area contributed by atoms with Crippen LogP contribution < -0.4 is 5.73 Å². The van der Waals surface area contributed by atoms with Gasteiger partial charge in [-0.3, -0.25) is 4.90 Å². The van der Waals surface area contributed by atoms with Crippen LogP contribution in [0.4, 0.5) is 14.5 Å². The van der Waals surface area contributed by atoms with Crippen LogP contribution in [0.1, 0.15) is 25.0 Å². The highest BCUT2D eigenvalue weighted by Crippen LogP contribution is 2.17. The van der Waals surface area contributed by atoms with Gasteiger partial charge in [-0.25, -0.2) is 8.78 Å². The molecule has 0 unspecified atom stereocenters. The first kappa shape index (κ1) is 15.4. The maximum atomic E-state index is 13.8. The Morgan fingerprint density at radius 1 is 1.00 bits per heavy atom. The summed E-state index contributed by atoms with van der Waals surface area (Å²) in [6.07, 6.45) is 0. The Balaban J connectivity index is 2.13. The van der Waals surface area contributed by atoms with Crippen LogP contribution in [0.25, 0.3) is 0 Å². The average molecular weight is 290 g/mol. The van der Waals surface area contributed by atoms with Crippen LogP contribution in [0.2, 0.25) is 0 Å². The Morgan fingerprint density at radius 2 is 1.67 bits per heavy atom. The number of halogens is 2. The molecule has 0 fully saturated rings. The molecular formula is C17H20F2N2. The van der Waals surface area contributed by atoms with E-state index in [-0.39, 0.29) is 6.04 Å². The molecule has 0 aliphatic rings. The number of nitrogens with zero attached hydrogens (tertiary/aromatic N) is 1. The minimum atomic E-state index is -0.550. The van der Waals surface area contributed by atoms with Crippen molar-refractivity contribution in [2.24, 2.45) is 0 Å². The fraction of sp³-hybridized carbons (Fsp3) is 0.294. The van der Waals surface area contributed by atoms with E-state index in [2.05, 4.69) is 18.7 Å². The van der Waals surface area contributed by atoms with Gasteiger partial charge < -0.3 is 5.73 Å². The largest absolute Gasteiger partial charge is 0.399 e. The summed E-state index contributed by atoms with van der Waals surface area (Å²) in [5.41, 5.74) is 8.01. The van der Waals surface area contributed by atoms with Crippen molar-refractivity contribution in [3.63, 3.8) is 0 Å². The van der Waals surface area contributed by atoms with Crippen molar-refractivity contribution in [2.45, 2.75) is 33.0 Å². The minimum absolute atomic E-state index is 0.243. The molecule has 0 heterocycles. The van der Waals surface area contributed by atoms with E-state index in [1.54, 1.807) is 0 Å². The smallest absolute Gasteiger partial charge is 0.130 e. The predicted molar refractivity (Wildman–Crippen MR) is 81.6 cm³/mol. The van der Waals surface area contributed by atoms with Gasteiger partial charge in [0.15, 0.2) is 0 Å². The Kier molecular flexibility index (Phi) is 4.91.